The monoisotopic (exact) mass is 241 g/mol. The number of carbonyl (C=O) groups excluding carboxylic acids is 1. The number of nitrogens with one attached hydrogen (secondary N) is 2. The minimum absolute atomic E-state index is 0.110. The fraction of sp³-hybridized carbons (Fsp3) is 0.923. The van der Waals surface area contributed by atoms with Crippen LogP contribution in [0.1, 0.15) is 39.0 Å². The van der Waals surface area contributed by atoms with Gasteiger partial charge in [-0.05, 0) is 33.5 Å². The lowest BCUT2D eigenvalue weighted by Crippen LogP contribution is -2.54. The minimum atomic E-state index is 0.110. The van der Waals surface area contributed by atoms with E-state index in [0.717, 1.165) is 13.1 Å². The lowest BCUT2D eigenvalue weighted by Gasteiger charge is -2.43. The van der Waals surface area contributed by atoms with E-state index in [1.165, 1.54) is 32.1 Å². The molecule has 0 spiro atoms. The van der Waals surface area contributed by atoms with E-state index in [9.17, 15) is 4.79 Å². The van der Waals surface area contributed by atoms with Gasteiger partial charge in [0.2, 0.25) is 5.91 Å². The summed E-state index contributed by atoms with van der Waals surface area (Å²) in [5.74, 6) is 0.110. The highest BCUT2D eigenvalue weighted by Crippen LogP contribution is 2.31. The summed E-state index contributed by atoms with van der Waals surface area (Å²) >= 11 is 0. The van der Waals surface area contributed by atoms with E-state index in [1.54, 1.807) is 0 Å². The van der Waals surface area contributed by atoms with Gasteiger partial charge in [-0.15, -0.1) is 0 Å². The maximum atomic E-state index is 11.6. The fourth-order valence-electron chi connectivity index (χ4n) is 2.56. The second-order valence-corrected chi connectivity index (χ2v) is 5.24. The highest BCUT2D eigenvalue weighted by atomic mass is 16.1. The van der Waals surface area contributed by atoms with E-state index in [1.807, 2.05) is 6.92 Å². The summed E-state index contributed by atoms with van der Waals surface area (Å²) in [6.45, 7) is 4.06. The van der Waals surface area contributed by atoms with E-state index in [2.05, 4.69) is 29.6 Å². The van der Waals surface area contributed by atoms with Crippen molar-refractivity contribution in [1.29, 1.82) is 0 Å². The Balaban J connectivity index is 2.41. The molecule has 0 bridgehead atoms. The average Bonchev–Trinajstić information content (AvgIpc) is 2.34. The van der Waals surface area contributed by atoms with Gasteiger partial charge < -0.3 is 15.5 Å². The molecule has 0 aromatic carbocycles. The zero-order valence-corrected chi connectivity index (χ0v) is 11.5. The van der Waals surface area contributed by atoms with E-state index in [4.69, 9.17) is 0 Å². The Morgan fingerprint density at radius 2 is 1.88 bits per heavy atom. The SMILES string of the molecule is CCNCC(=O)NCC1(N(C)C)CCCCC1. The van der Waals surface area contributed by atoms with Crippen molar-refractivity contribution >= 4 is 5.91 Å². The summed E-state index contributed by atoms with van der Waals surface area (Å²) in [5.41, 5.74) is 0.181. The van der Waals surface area contributed by atoms with Crippen molar-refractivity contribution in [2.75, 3.05) is 33.7 Å². The van der Waals surface area contributed by atoms with Crippen LogP contribution < -0.4 is 10.6 Å². The Morgan fingerprint density at radius 3 is 2.41 bits per heavy atom. The summed E-state index contributed by atoms with van der Waals surface area (Å²) < 4.78 is 0. The van der Waals surface area contributed by atoms with Gasteiger partial charge in [0, 0.05) is 12.1 Å². The van der Waals surface area contributed by atoms with Gasteiger partial charge in [0.25, 0.3) is 0 Å². The molecule has 1 amide bonds. The fourth-order valence-corrected chi connectivity index (χ4v) is 2.56. The molecular formula is C13H27N3O. The van der Waals surface area contributed by atoms with Crippen LogP contribution in [0.4, 0.5) is 0 Å². The lowest BCUT2D eigenvalue weighted by atomic mass is 9.80. The number of hydrogen-bond donors (Lipinski definition) is 2. The molecule has 2 N–H and O–H groups in total. The van der Waals surface area contributed by atoms with Crippen LogP contribution in [0, 0.1) is 0 Å². The standard InChI is InChI=1S/C13H27N3O/c1-4-14-10-12(17)15-11-13(16(2)3)8-6-5-7-9-13/h14H,4-11H2,1-3H3,(H,15,17). The van der Waals surface area contributed by atoms with Gasteiger partial charge in [-0.1, -0.05) is 26.2 Å². The number of nitrogens with zero attached hydrogens (tertiary/aromatic N) is 1. The van der Waals surface area contributed by atoms with Crippen LogP contribution in [0.25, 0.3) is 0 Å². The van der Waals surface area contributed by atoms with E-state index >= 15 is 0 Å². The first-order chi connectivity index (χ1) is 8.10. The normalized spacial score (nSPS) is 19.3. The van der Waals surface area contributed by atoms with Crippen molar-refractivity contribution in [2.24, 2.45) is 0 Å². The number of likely N-dealkylation sites (N-methyl/N-ethyl adjacent to an activating group) is 2. The van der Waals surface area contributed by atoms with E-state index in [0.29, 0.717) is 6.54 Å². The number of rotatable bonds is 6. The molecule has 1 saturated carbocycles. The maximum Gasteiger partial charge on any atom is 0.234 e. The lowest BCUT2D eigenvalue weighted by molar-refractivity contribution is -0.121. The molecule has 1 fully saturated rings. The molecular weight excluding hydrogens is 214 g/mol. The van der Waals surface area contributed by atoms with Crippen molar-refractivity contribution in [1.82, 2.24) is 15.5 Å². The second kappa shape index (κ2) is 6.97. The molecule has 0 aromatic heterocycles. The van der Waals surface area contributed by atoms with Gasteiger partial charge in [0.05, 0.1) is 6.54 Å². The third kappa shape index (κ3) is 4.28. The van der Waals surface area contributed by atoms with Crippen molar-refractivity contribution < 1.29 is 4.79 Å². The highest BCUT2D eigenvalue weighted by Gasteiger charge is 2.34. The largest absolute Gasteiger partial charge is 0.353 e. The number of hydrogen-bond acceptors (Lipinski definition) is 3. The Hall–Kier alpha value is -0.610. The summed E-state index contributed by atoms with van der Waals surface area (Å²) in [4.78, 5) is 13.9. The first kappa shape index (κ1) is 14.5. The molecule has 0 saturated heterocycles. The van der Waals surface area contributed by atoms with Crippen molar-refractivity contribution in [3.63, 3.8) is 0 Å². The van der Waals surface area contributed by atoms with Gasteiger partial charge in [-0.2, -0.15) is 0 Å². The Labute approximate surface area is 105 Å². The average molecular weight is 241 g/mol. The molecule has 4 heteroatoms. The van der Waals surface area contributed by atoms with Crippen LogP contribution in [-0.4, -0.2) is 50.1 Å². The Bertz CT molecular complexity index is 235. The predicted molar refractivity (Wildman–Crippen MR) is 71.1 cm³/mol. The molecule has 0 unspecified atom stereocenters. The summed E-state index contributed by atoms with van der Waals surface area (Å²) in [6.07, 6.45) is 6.28. The molecule has 17 heavy (non-hydrogen) atoms. The highest BCUT2D eigenvalue weighted by molar-refractivity contribution is 5.78. The number of carbonyl (C=O) groups is 1. The van der Waals surface area contributed by atoms with Crippen LogP contribution in [0.3, 0.4) is 0 Å². The molecule has 4 nitrogen and oxygen atoms in total. The molecule has 1 aliphatic carbocycles. The van der Waals surface area contributed by atoms with Crippen molar-refractivity contribution in [3.8, 4) is 0 Å². The van der Waals surface area contributed by atoms with Crippen molar-refractivity contribution in [3.05, 3.63) is 0 Å². The van der Waals surface area contributed by atoms with Crippen LogP contribution in [0.15, 0.2) is 0 Å². The molecule has 0 radical (unpaired) electrons. The molecule has 0 aromatic rings. The van der Waals surface area contributed by atoms with E-state index < -0.39 is 0 Å². The molecule has 1 rings (SSSR count). The summed E-state index contributed by atoms with van der Waals surface area (Å²) in [6, 6.07) is 0. The van der Waals surface area contributed by atoms with Crippen LogP contribution in [-0.2, 0) is 4.79 Å². The van der Waals surface area contributed by atoms with Gasteiger partial charge in [-0.25, -0.2) is 0 Å². The quantitative estimate of drug-likeness (QED) is 0.728. The molecule has 0 atom stereocenters. The topological polar surface area (TPSA) is 44.4 Å². The predicted octanol–water partition coefficient (Wildman–Crippen LogP) is 0.977. The maximum absolute atomic E-state index is 11.6. The summed E-state index contributed by atoms with van der Waals surface area (Å²) in [7, 11) is 4.25. The second-order valence-electron chi connectivity index (χ2n) is 5.24. The summed E-state index contributed by atoms with van der Waals surface area (Å²) in [5, 5.41) is 6.12. The first-order valence-corrected chi connectivity index (χ1v) is 6.75. The van der Waals surface area contributed by atoms with Gasteiger partial charge >= 0.3 is 0 Å². The molecule has 0 aliphatic heterocycles. The van der Waals surface area contributed by atoms with E-state index in [-0.39, 0.29) is 11.4 Å². The molecule has 100 valence electrons. The van der Waals surface area contributed by atoms with Crippen LogP contribution in [0.2, 0.25) is 0 Å². The Kier molecular flexibility index (Phi) is 5.92. The zero-order chi connectivity index (χ0) is 12.7. The zero-order valence-electron chi connectivity index (χ0n) is 11.5. The molecule has 0 heterocycles. The molecule has 1 aliphatic rings. The van der Waals surface area contributed by atoms with Crippen LogP contribution in [0.5, 0.6) is 0 Å². The first-order valence-electron chi connectivity index (χ1n) is 6.75. The smallest absolute Gasteiger partial charge is 0.234 e. The van der Waals surface area contributed by atoms with Gasteiger partial charge in [-0.3, -0.25) is 4.79 Å². The number of amides is 1. The third-order valence-corrected chi connectivity index (χ3v) is 3.88. The van der Waals surface area contributed by atoms with Crippen molar-refractivity contribution in [2.45, 2.75) is 44.6 Å². The van der Waals surface area contributed by atoms with Gasteiger partial charge in [0.15, 0.2) is 0 Å². The van der Waals surface area contributed by atoms with Crippen LogP contribution >= 0.6 is 0 Å². The third-order valence-electron chi connectivity index (χ3n) is 3.88. The van der Waals surface area contributed by atoms with Gasteiger partial charge in [0.1, 0.15) is 0 Å². The Morgan fingerprint density at radius 1 is 1.24 bits per heavy atom. The minimum Gasteiger partial charge on any atom is -0.353 e.